The minimum absolute atomic E-state index is 0.179. The zero-order valence-electron chi connectivity index (χ0n) is 8.80. The molecule has 1 N–H and O–H groups in total. The lowest BCUT2D eigenvalue weighted by Crippen LogP contribution is -2.34. The Morgan fingerprint density at radius 2 is 1.93 bits per heavy atom. The van der Waals surface area contributed by atoms with Gasteiger partial charge >= 0.3 is 0 Å². The topological polar surface area (TPSA) is 37.3 Å². The summed E-state index contributed by atoms with van der Waals surface area (Å²) in [4.78, 5) is 11.5. The van der Waals surface area contributed by atoms with E-state index >= 15 is 0 Å². The summed E-state index contributed by atoms with van der Waals surface area (Å²) in [5.41, 5.74) is -0.497. The molecule has 0 aromatic carbocycles. The van der Waals surface area contributed by atoms with Crippen LogP contribution in [0.15, 0.2) is 0 Å². The summed E-state index contributed by atoms with van der Waals surface area (Å²) in [6, 6.07) is 0. The Bertz CT molecular complexity index is 216. The summed E-state index contributed by atoms with van der Waals surface area (Å²) in [5.74, 6) is 0.571. The maximum absolute atomic E-state index is 11.5. The van der Waals surface area contributed by atoms with Crippen molar-refractivity contribution in [3.63, 3.8) is 0 Å². The third kappa shape index (κ3) is 2.17. The second-order valence-corrected chi connectivity index (χ2v) is 5.04. The van der Waals surface area contributed by atoms with Crippen molar-refractivity contribution in [1.82, 2.24) is 0 Å². The van der Waals surface area contributed by atoms with Crippen LogP contribution in [0, 0.1) is 5.92 Å². The van der Waals surface area contributed by atoms with E-state index in [0.29, 0.717) is 5.78 Å². The largest absolute Gasteiger partial charge is 0.390 e. The van der Waals surface area contributed by atoms with Gasteiger partial charge in [-0.1, -0.05) is 19.3 Å². The van der Waals surface area contributed by atoms with Crippen molar-refractivity contribution in [3.8, 4) is 0 Å². The highest BCUT2D eigenvalue weighted by Gasteiger charge is 2.36. The summed E-state index contributed by atoms with van der Waals surface area (Å²) in [6.45, 7) is 0. The number of ketones is 1. The van der Waals surface area contributed by atoms with Crippen molar-refractivity contribution in [1.29, 1.82) is 0 Å². The van der Waals surface area contributed by atoms with Gasteiger partial charge in [0.05, 0.1) is 5.60 Å². The molecule has 0 spiro atoms. The highest BCUT2D eigenvalue weighted by molar-refractivity contribution is 5.82. The van der Waals surface area contributed by atoms with Crippen LogP contribution in [0.3, 0.4) is 0 Å². The molecule has 1 unspecified atom stereocenters. The fourth-order valence-corrected chi connectivity index (χ4v) is 2.98. The summed E-state index contributed by atoms with van der Waals surface area (Å²) >= 11 is 0. The van der Waals surface area contributed by atoms with E-state index in [4.69, 9.17) is 0 Å². The molecule has 1 atom stereocenters. The van der Waals surface area contributed by atoms with Gasteiger partial charge in [0.2, 0.25) is 0 Å². The Morgan fingerprint density at radius 3 is 2.50 bits per heavy atom. The van der Waals surface area contributed by atoms with E-state index in [1.807, 2.05) is 0 Å². The molecule has 2 nitrogen and oxygen atoms in total. The first-order chi connectivity index (χ1) is 6.70. The van der Waals surface area contributed by atoms with Crippen LogP contribution in [0.4, 0.5) is 0 Å². The number of hydrogen-bond acceptors (Lipinski definition) is 2. The van der Waals surface area contributed by atoms with Crippen LogP contribution >= 0.6 is 0 Å². The lowest BCUT2D eigenvalue weighted by atomic mass is 9.78. The first-order valence-electron chi connectivity index (χ1n) is 5.95. The molecule has 2 aliphatic carbocycles. The van der Waals surface area contributed by atoms with Crippen molar-refractivity contribution in [2.75, 3.05) is 0 Å². The molecule has 2 rings (SSSR count). The van der Waals surface area contributed by atoms with Crippen LogP contribution in [0.1, 0.15) is 57.8 Å². The first-order valence-corrected chi connectivity index (χ1v) is 5.95. The molecule has 0 bridgehead atoms. The van der Waals surface area contributed by atoms with Gasteiger partial charge in [-0.25, -0.2) is 0 Å². The molecule has 2 aliphatic rings. The molecular formula is C12H20O2. The molecule has 0 saturated heterocycles. The zero-order valence-corrected chi connectivity index (χ0v) is 8.80. The number of carbonyl (C=O) groups excluding carboxylic acids is 1. The molecule has 14 heavy (non-hydrogen) atoms. The molecule has 0 aromatic heterocycles. The average Bonchev–Trinajstić information content (AvgIpc) is 2.52. The fourth-order valence-electron chi connectivity index (χ4n) is 2.98. The van der Waals surface area contributed by atoms with Crippen LogP contribution in [-0.2, 0) is 4.79 Å². The molecule has 0 amide bonds. The van der Waals surface area contributed by atoms with Gasteiger partial charge in [0, 0.05) is 12.3 Å². The predicted molar refractivity (Wildman–Crippen MR) is 55.0 cm³/mol. The smallest absolute Gasteiger partial charge is 0.136 e. The van der Waals surface area contributed by atoms with Gasteiger partial charge in [0.15, 0.2) is 0 Å². The Kier molecular flexibility index (Phi) is 2.91. The third-order valence-electron chi connectivity index (χ3n) is 3.84. The minimum Gasteiger partial charge on any atom is -0.390 e. The van der Waals surface area contributed by atoms with Crippen LogP contribution in [-0.4, -0.2) is 16.5 Å². The van der Waals surface area contributed by atoms with Crippen LogP contribution in [0.25, 0.3) is 0 Å². The Balaban J connectivity index is 1.91. The number of carbonyl (C=O) groups is 1. The summed E-state index contributed by atoms with van der Waals surface area (Å²) < 4.78 is 0. The van der Waals surface area contributed by atoms with Gasteiger partial charge in [-0.05, 0) is 32.1 Å². The molecule has 2 fully saturated rings. The predicted octanol–water partition coefficient (Wildman–Crippen LogP) is 2.44. The molecular weight excluding hydrogens is 176 g/mol. The van der Waals surface area contributed by atoms with Gasteiger partial charge in [-0.2, -0.15) is 0 Å². The number of rotatable bonds is 2. The standard InChI is InChI=1S/C12H20O2/c13-11-6-4-5-10(11)9-12(14)7-2-1-3-8-12/h10,14H,1-9H2. The maximum Gasteiger partial charge on any atom is 0.136 e. The van der Waals surface area contributed by atoms with Crippen LogP contribution < -0.4 is 0 Å². The summed E-state index contributed by atoms with van der Waals surface area (Å²) in [7, 11) is 0. The second kappa shape index (κ2) is 4.01. The van der Waals surface area contributed by atoms with Crippen molar-refractivity contribution in [3.05, 3.63) is 0 Å². The van der Waals surface area contributed by atoms with E-state index < -0.39 is 5.60 Å². The zero-order chi connectivity index (χ0) is 10.0. The monoisotopic (exact) mass is 196 g/mol. The number of hydrogen-bond donors (Lipinski definition) is 1. The lowest BCUT2D eigenvalue weighted by molar-refractivity contribution is -0.123. The molecule has 80 valence electrons. The number of aliphatic hydroxyl groups is 1. The van der Waals surface area contributed by atoms with Gasteiger partial charge in [0.1, 0.15) is 5.78 Å². The Labute approximate surface area is 85.7 Å². The maximum atomic E-state index is 11.5. The lowest BCUT2D eigenvalue weighted by Gasteiger charge is -2.33. The quantitative estimate of drug-likeness (QED) is 0.736. The summed E-state index contributed by atoms with van der Waals surface area (Å²) in [5, 5.41) is 10.3. The van der Waals surface area contributed by atoms with E-state index in [9.17, 15) is 9.90 Å². The Hall–Kier alpha value is -0.370. The highest BCUT2D eigenvalue weighted by atomic mass is 16.3. The minimum atomic E-state index is -0.497. The second-order valence-electron chi connectivity index (χ2n) is 5.04. The molecule has 2 heteroatoms. The van der Waals surface area contributed by atoms with Gasteiger partial charge < -0.3 is 5.11 Å². The van der Waals surface area contributed by atoms with Crippen molar-refractivity contribution < 1.29 is 9.90 Å². The van der Waals surface area contributed by atoms with Crippen LogP contribution in [0.5, 0.6) is 0 Å². The van der Waals surface area contributed by atoms with Gasteiger partial charge in [-0.15, -0.1) is 0 Å². The molecule has 0 radical (unpaired) electrons. The SMILES string of the molecule is O=C1CCCC1CC1(O)CCCCC1. The Morgan fingerprint density at radius 1 is 1.21 bits per heavy atom. The van der Waals surface area contributed by atoms with E-state index in [-0.39, 0.29) is 5.92 Å². The van der Waals surface area contributed by atoms with E-state index in [2.05, 4.69) is 0 Å². The molecule has 0 aromatic rings. The van der Waals surface area contributed by atoms with Crippen molar-refractivity contribution >= 4 is 5.78 Å². The van der Waals surface area contributed by atoms with Gasteiger partial charge in [0.25, 0.3) is 0 Å². The fraction of sp³-hybridized carbons (Fsp3) is 0.917. The average molecular weight is 196 g/mol. The molecule has 0 heterocycles. The highest BCUT2D eigenvalue weighted by Crippen LogP contribution is 2.37. The van der Waals surface area contributed by atoms with Crippen molar-refractivity contribution in [2.24, 2.45) is 5.92 Å². The summed E-state index contributed by atoms with van der Waals surface area (Å²) in [6.07, 6.45) is 8.90. The van der Waals surface area contributed by atoms with E-state index in [1.54, 1.807) is 0 Å². The van der Waals surface area contributed by atoms with Crippen molar-refractivity contribution in [2.45, 2.75) is 63.4 Å². The van der Waals surface area contributed by atoms with E-state index in [1.165, 1.54) is 6.42 Å². The first kappa shape index (κ1) is 10.2. The molecule has 2 saturated carbocycles. The third-order valence-corrected chi connectivity index (χ3v) is 3.84. The molecule has 0 aliphatic heterocycles. The van der Waals surface area contributed by atoms with E-state index in [0.717, 1.165) is 51.4 Å². The normalized spacial score (nSPS) is 32.1. The van der Waals surface area contributed by atoms with Crippen LogP contribution in [0.2, 0.25) is 0 Å². The van der Waals surface area contributed by atoms with Gasteiger partial charge in [-0.3, -0.25) is 4.79 Å². The number of Topliss-reactive ketones (excluding diaryl/α,β-unsaturated/α-hetero) is 1.